The highest BCUT2D eigenvalue weighted by Crippen LogP contribution is 2.28. The van der Waals surface area contributed by atoms with Crippen LogP contribution in [0.3, 0.4) is 0 Å². The first-order valence-corrected chi connectivity index (χ1v) is 11.8. The minimum absolute atomic E-state index is 0.171. The Hall–Kier alpha value is -1.76. The van der Waals surface area contributed by atoms with Crippen molar-refractivity contribution in [3.63, 3.8) is 0 Å². The Kier molecular flexibility index (Phi) is 8.64. The van der Waals surface area contributed by atoms with Crippen molar-refractivity contribution in [2.45, 2.75) is 51.2 Å². The van der Waals surface area contributed by atoms with E-state index >= 15 is 0 Å². The molecule has 5 nitrogen and oxygen atoms in total. The maximum Gasteiger partial charge on any atom is 0.261 e. The van der Waals surface area contributed by atoms with E-state index in [1.807, 2.05) is 18.2 Å². The van der Waals surface area contributed by atoms with Crippen LogP contribution in [0.15, 0.2) is 46.9 Å². The third-order valence-electron chi connectivity index (χ3n) is 5.41. The van der Waals surface area contributed by atoms with Gasteiger partial charge in [0.2, 0.25) is 5.91 Å². The second-order valence-corrected chi connectivity index (χ2v) is 9.37. The van der Waals surface area contributed by atoms with Crippen molar-refractivity contribution in [1.29, 1.82) is 0 Å². The lowest BCUT2D eigenvalue weighted by Gasteiger charge is -2.30. The van der Waals surface area contributed by atoms with Crippen molar-refractivity contribution in [1.82, 2.24) is 10.2 Å². The van der Waals surface area contributed by atoms with Gasteiger partial charge in [0, 0.05) is 22.1 Å². The van der Waals surface area contributed by atoms with Crippen molar-refractivity contribution < 1.29 is 14.3 Å². The Bertz CT molecular complexity index is 935. The molecule has 1 atom stereocenters. The molecule has 0 aromatic heterocycles. The molecule has 1 aliphatic carbocycles. The number of nitrogens with one attached hydrogen (secondary N) is 1. The monoisotopic (exact) mass is 526 g/mol. The van der Waals surface area contributed by atoms with Gasteiger partial charge in [-0.2, -0.15) is 0 Å². The summed E-state index contributed by atoms with van der Waals surface area (Å²) in [6, 6.07) is 12.0. The van der Waals surface area contributed by atoms with E-state index in [9.17, 15) is 9.59 Å². The van der Waals surface area contributed by atoms with Crippen LogP contribution in [0.5, 0.6) is 5.75 Å². The molecule has 166 valence electrons. The number of hydrogen-bond acceptors (Lipinski definition) is 3. The SMILES string of the molecule is CC(C(=O)NC1CCCC1)N(Cc1ccccc1Cl)C(=O)COc1ccc(Br)cc1Cl. The van der Waals surface area contributed by atoms with Crippen molar-refractivity contribution in [3.8, 4) is 5.75 Å². The van der Waals surface area contributed by atoms with Gasteiger partial charge in [0.1, 0.15) is 11.8 Å². The van der Waals surface area contributed by atoms with E-state index in [1.165, 1.54) is 4.90 Å². The van der Waals surface area contributed by atoms with Crippen molar-refractivity contribution in [3.05, 3.63) is 62.5 Å². The van der Waals surface area contributed by atoms with E-state index in [4.69, 9.17) is 27.9 Å². The normalized spacial score (nSPS) is 14.8. The molecular weight excluding hydrogens is 503 g/mol. The lowest BCUT2D eigenvalue weighted by atomic mass is 10.1. The summed E-state index contributed by atoms with van der Waals surface area (Å²) in [5, 5.41) is 4.01. The molecule has 2 aromatic rings. The molecule has 0 saturated heterocycles. The van der Waals surface area contributed by atoms with Crippen LogP contribution in [0.25, 0.3) is 0 Å². The van der Waals surface area contributed by atoms with Gasteiger partial charge in [-0.1, -0.05) is 70.2 Å². The van der Waals surface area contributed by atoms with Gasteiger partial charge in [0.15, 0.2) is 6.61 Å². The maximum atomic E-state index is 13.1. The largest absolute Gasteiger partial charge is 0.482 e. The quantitative estimate of drug-likeness (QED) is 0.485. The summed E-state index contributed by atoms with van der Waals surface area (Å²) in [4.78, 5) is 27.5. The van der Waals surface area contributed by atoms with E-state index in [-0.39, 0.29) is 31.0 Å². The molecule has 1 unspecified atom stereocenters. The highest BCUT2D eigenvalue weighted by Gasteiger charge is 2.29. The van der Waals surface area contributed by atoms with E-state index in [1.54, 1.807) is 31.2 Å². The van der Waals surface area contributed by atoms with Crippen molar-refractivity contribution >= 4 is 50.9 Å². The first kappa shape index (κ1) is 23.9. The van der Waals surface area contributed by atoms with Crippen LogP contribution < -0.4 is 10.1 Å². The Morgan fingerprint density at radius 3 is 2.55 bits per heavy atom. The van der Waals surface area contributed by atoms with E-state index in [0.717, 1.165) is 35.7 Å². The minimum atomic E-state index is -0.673. The van der Waals surface area contributed by atoms with Crippen LogP contribution in [0, 0.1) is 0 Å². The number of halogens is 3. The smallest absolute Gasteiger partial charge is 0.261 e. The Balaban J connectivity index is 1.74. The molecule has 0 spiro atoms. The number of carbonyl (C=O) groups is 2. The van der Waals surface area contributed by atoms with Gasteiger partial charge in [0.05, 0.1) is 5.02 Å². The van der Waals surface area contributed by atoms with Crippen LogP contribution in [0.1, 0.15) is 38.2 Å². The standard InChI is InChI=1S/C23H25BrCl2N2O3/c1-15(23(30)27-18-7-3-4-8-18)28(13-16-6-2-5-9-19(16)25)22(29)14-31-21-11-10-17(24)12-20(21)26/h2,5-6,9-12,15,18H,3-4,7-8,13-14H2,1H3,(H,27,30). The summed E-state index contributed by atoms with van der Waals surface area (Å²) in [6.45, 7) is 1.69. The number of rotatable bonds is 8. The van der Waals surface area contributed by atoms with Gasteiger partial charge in [0.25, 0.3) is 5.91 Å². The summed E-state index contributed by atoms with van der Waals surface area (Å²) in [7, 11) is 0. The van der Waals surface area contributed by atoms with Gasteiger partial charge in [-0.25, -0.2) is 0 Å². The van der Waals surface area contributed by atoms with Gasteiger partial charge in [-0.15, -0.1) is 0 Å². The van der Waals surface area contributed by atoms with E-state index < -0.39 is 6.04 Å². The van der Waals surface area contributed by atoms with E-state index in [2.05, 4.69) is 21.2 Å². The third-order valence-corrected chi connectivity index (χ3v) is 6.57. The molecule has 2 aromatic carbocycles. The molecule has 8 heteroatoms. The summed E-state index contributed by atoms with van der Waals surface area (Å²) < 4.78 is 6.47. The van der Waals surface area contributed by atoms with Gasteiger partial charge >= 0.3 is 0 Å². The molecule has 31 heavy (non-hydrogen) atoms. The Labute approximate surface area is 201 Å². The Morgan fingerprint density at radius 2 is 1.87 bits per heavy atom. The summed E-state index contributed by atoms with van der Waals surface area (Å²) in [5.74, 6) is -0.0964. The number of benzene rings is 2. The predicted octanol–water partition coefficient (Wildman–Crippen LogP) is 5.61. The van der Waals surface area contributed by atoms with Gasteiger partial charge < -0.3 is 15.0 Å². The first-order chi connectivity index (χ1) is 14.8. The zero-order valence-electron chi connectivity index (χ0n) is 17.2. The zero-order valence-corrected chi connectivity index (χ0v) is 20.3. The fourth-order valence-corrected chi connectivity index (χ4v) is 4.52. The van der Waals surface area contributed by atoms with Gasteiger partial charge in [-0.05, 0) is 49.6 Å². The molecule has 1 saturated carbocycles. The first-order valence-electron chi connectivity index (χ1n) is 10.3. The highest BCUT2D eigenvalue weighted by molar-refractivity contribution is 9.10. The second kappa shape index (κ2) is 11.2. The number of nitrogens with zero attached hydrogens (tertiary/aromatic N) is 1. The highest BCUT2D eigenvalue weighted by atomic mass is 79.9. The number of hydrogen-bond donors (Lipinski definition) is 1. The number of amides is 2. The number of ether oxygens (including phenoxy) is 1. The molecule has 3 rings (SSSR count). The second-order valence-electron chi connectivity index (χ2n) is 7.64. The third kappa shape index (κ3) is 6.61. The van der Waals surface area contributed by atoms with Crippen LogP contribution in [-0.4, -0.2) is 35.4 Å². The summed E-state index contributed by atoms with van der Waals surface area (Å²) in [5.41, 5.74) is 0.764. The van der Waals surface area contributed by atoms with Crippen molar-refractivity contribution in [2.75, 3.05) is 6.61 Å². The molecule has 1 N–H and O–H groups in total. The number of carbonyl (C=O) groups excluding carboxylic acids is 2. The molecule has 2 amide bonds. The molecule has 0 bridgehead atoms. The predicted molar refractivity (Wildman–Crippen MR) is 127 cm³/mol. The van der Waals surface area contributed by atoms with Crippen LogP contribution in [0.2, 0.25) is 10.0 Å². The maximum absolute atomic E-state index is 13.1. The molecule has 0 aliphatic heterocycles. The van der Waals surface area contributed by atoms with Crippen LogP contribution >= 0.6 is 39.1 Å². The average Bonchev–Trinajstić information content (AvgIpc) is 3.25. The summed E-state index contributed by atoms with van der Waals surface area (Å²) >= 11 is 15.8. The molecular formula is C23H25BrCl2N2O3. The molecule has 1 aliphatic rings. The van der Waals surface area contributed by atoms with Crippen molar-refractivity contribution in [2.24, 2.45) is 0 Å². The lowest BCUT2D eigenvalue weighted by molar-refractivity contribution is -0.142. The van der Waals surface area contributed by atoms with Crippen LogP contribution in [0.4, 0.5) is 0 Å². The lowest BCUT2D eigenvalue weighted by Crippen LogP contribution is -2.50. The van der Waals surface area contributed by atoms with E-state index in [0.29, 0.717) is 15.8 Å². The fourth-order valence-electron chi connectivity index (χ4n) is 3.60. The Morgan fingerprint density at radius 1 is 1.16 bits per heavy atom. The van der Waals surface area contributed by atoms with Gasteiger partial charge in [-0.3, -0.25) is 9.59 Å². The topological polar surface area (TPSA) is 58.6 Å². The summed E-state index contributed by atoms with van der Waals surface area (Å²) in [6.07, 6.45) is 4.18. The molecule has 0 heterocycles. The average molecular weight is 528 g/mol. The fraction of sp³-hybridized carbons (Fsp3) is 0.391. The van der Waals surface area contributed by atoms with Crippen LogP contribution in [-0.2, 0) is 16.1 Å². The molecule has 0 radical (unpaired) electrons. The zero-order chi connectivity index (χ0) is 22.4. The minimum Gasteiger partial charge on any atom is -0.482 e. The molecule has 1 fully saturated rings.